The fourth-order valence-electron chi connectivity index (χ4n) is 3.46. The lowest BCUT2D eigenvalue weighted by Gasteiger charge is -2.38. The molecule has 1 aromatic carbocycles. The van der Waals surface area contributed by atoms with E-state index in [1.54, 1.807) is 31.2 Å². The summed E-state index contributed by atoms with van der Waals surface area (Å²) in [5.41, 5.74) is 1.36. The smallest absolute Gasteiger partial charge is 0.337 e. The summed E-state index contributed by atoms with van der Waals surface area (Å²) in [5.74, 6) is -0.658. The van der Waals surface area contributed by atoms with Gasteiger partial charge in [-0.3, -0.25) is 4.90 Å². The second-order valence-corrected chi connectivity index (χ2v) is 9.02. The van der Waals surface area contributed by atoms with Crippen LogP contribution in [0.3, 0.4) is 0 Å². The summed E-state index contributed by atoms with van der Waals surface area (Å²) in [5, 5.41) is 3.33. The highest BCUT2D eigenvalue weighted by molar-refractivity contribution is 7.91. The Balaban J connectivity index is 2.05. The van der Waals surface area contributed by atoms with E-state index < -0.39 is 33.9 Å². The minimum atomic E-state index is -3.18. The van der Waals surface area contributed by atoms with Gasteiger partial charge in [0, 0.05) is 10.7 Å². The zero-order valence-corrected chi connectivity index (χ0v) is 15.9. The molecule has 0 bridgehead atoms. The van der Waals surface area contributed by atoms with E-state index in [-0.39, 0.29) is 17.1 Å². The Hall–Kier alpha value is -2.06. The minimum absolute atomic E-state index is 0.0307. The summed E-state index contributed by atoms with van der Waals surface area (Å²) in [6.07, 6.45) is 0.340. The Morgan fingerprint density at radius 3 is 2.50 bits per heavy atom. The summed E-state index contributed by atoms with van der Waals surface area (Å²) in [6, 6.07) is 5.16. The van der Waals surface area contributed by atoms with Gasteiger partial charge >= 0.3 is 12.0 Å². The maximum atomic E-state index is 12.7. The van der Waals surface area contributed by atoms with Gasteiger partial charge in [0.25, 0.3) is 0 Å². The molecule has 9 heteroatoms. The lowest BCUT2D eigenvalue weighted by molar-refractivity contribution is -0.136. The van der Waals surface area contributed by atoms with E-state index in [1.807, 2.05) is 0 Å². The van der Waals surface area contributed by atoms with E-state index in [1.165, 1.54) is 12.0 Å². The molecule has 0 radical (unpaired) electrons. The molecule has 0 saturated carbocycles. The molecule has 1 fully saturated rings. The molecule has 26 heavy (non-hydrogen) atoms. The molecule has 2 aliphatic rings. The van der Waals surface area contributed by atoms with Crippen molar-refractivity contribution < 1.29 is 22.7 Å². The number of nitrogens with zero attached hydrogens (tertiary/aromatic N) is 1. The number of esters is 1. The molecule has 0 spiro atoms. The average molecular weight is 399 g/mol. The van der Waals surface area contributed by atoms with Crippen LogP contribution in [0.4, 0.5) is 4.79 Å². The molecule has 1 saturated heterocycles. The molecule has 0 aliphatic carbocycles. The number of hydrogen-bond donors (Lipinski definition) is 1. The van der Waals surface area contributed by atoms with Crippen LogP contribution < -0.4 is 5.32 Å². The van der Waals surface area contributed by atoms with Gasteiger partial charge in [-0.25, -0.2) is 18.0 Å². The second kappa shape index (κ2) is 6.92. The van der Waals surface area contributed by atoms with Gasteiger partial charge < -0.3 is 10.1 Å². The number of allylic oxidation sites excluding steroid dienone is 1. The summed E-state index contributed by atoms with van der Waals surface area (Å²) in [4.78, 5) is 26.5. The molecule has 2 atom stereocenters. The second-order valence-electron chi connectivity index (χ2n) is 6.35. The zero-order valence-electron chi connectivity index (χ0n) is 14.4. The van der Waals surface area contributed by atoms with Crippen molar-refractivity contribution in [3.05, 3.63) is 46.1 Å². The fourth-order valence-corrected chi connectivity index (χ4v) is 5.28. The number of ether oxygens (including phenoxy) is 1. The number of nitrogens with one attached hydrogen (secondary N) is 1. The summed E-state index contributed by atoms with van der Waals surface area (Å²) >= 11 is 5.91. The molecule has 0 unspecified atom stereocenters. The predicted molar refractivity (Wildman–Crippen MR) is 96.3 cm³/mol. The first-order valence-electron chi connectivity index (χ1n) is 8.08. The normalized spacial score (nSPS) is 25.2. The van der Waals surface area contributed by atoms with Crippen molar-refractivity contribution in [1.82, 2.24) is 10.2 Å². The van der Waals surface area contributed by atoms with E-state index in [9.17, 15) is 18.0 Å². The maximum absolute atomic E-state index is 12.7. The van der Waals surface area contributed by atoms with Gasteiger partial charge in [-0.15, -0.1) is 0 Å². The number of benzene rings is 1. The van der Waals surface area contributed by atoms with E-state index in [0.717, 1.165) is 0 Å². The van der Waals surface area contributed by atoms with Gasteiger partial charge in [0.05, 0.1) is 36.3 Å². The number of methoxy groups -OCH3 is 1. The van der Waals surface area contributed by atoms with Crippen LogP contribution in [0.15, 0.2) is 35.5 Å². The molecular formula is C17H19ClN2O5S. The lowest BCUT2D eigenvalue weighted by Crippen LogP contribution is -2.52. The summed E-state index contributed by atoms with van der Waals surface area (Å²) in [7, 11) is -1.91. The molecular weight excluding hydrogens is 380 g/mol. The van der Waals surface area contributed by atoms with Gasteiger partial charge in [-0.1, -0.05) is 23.7 Å². The Bertz CT molecular complexity index is 879. The Morgan fingerprint density at radius 2 is 1.96 bits per heavy atom. The van der Waals surface area contributed by atoms with Crippen molar-refractivity contribution in [3.63, 3.8) is 0 Å². The number of carbonyl (C=O) groups excluding carboxylic acids is 2. The zero-order chi connectivity index (χ0) is 19.1. The highest BCUT2D eigenvalue weighted by Crippen LogP contribution is 2.34. The van der Waals surface area contributed by atoms with Crippen molar-refractivity contribution in [2.24, 2.45) is 0 Å². The molecule has 2 aliphatic heterocycles. The van der Waals surface area contributed by atoms with E-state index >= 15 is 0 Å². The minimum Gasteiger partial charge on any atom is -0.466 e. The van der Waals surface area contributed by atoms with Crippen LogP contribution in [0, 0.1) is 0 Å². The fraction of sp³-hybridized carbons (Fsp3) is 0.412. The average Bonchev–Trinajstić information content (AvgIpc) is 2.94. The van der Waals surface area contributed by atoms with Gasteiger partial charge in [0.15, 0.2) is 9.84 Å². The van der Waals surface area contributed by atoms with Crippen LogP contribution in [-0.4, -0.2) is 50.0 Å². The third-order valence-corrected chi connectivity index (χ3v) is 6.71. The van der Waals surface area contributed by atoms with Crippen LogP contribution >= 0.6 is 11.6 Å². The Morgan fingerprint density at radius 1 is 1.31 bits per heavy atom. The van der Waals surface area contributed by atoms with E-state index in [4.69, 9.17) is 16.3 Å². The van der Waals surface area contributed by atoms with Crippen molar-refractivity contribution in [1.29, 1.82) is 0 Å². The van der Waals surface area contributed by atoms with Gasteiger partial charge in [0.2, 0.25) is 0 Å². The largest absolute Gasteiger partial charge is 0.466 e. The third kappa shape index (κ3) is 3.43. The maximum Gasteiger partial charge on any atom is 0.337 e. The Kier molecular flexibility index (Phi) is 4.98. The molecule has 2 heterocycles. The topological polar surface area (TPSA) is 92.8 Å². The number of rotatable bonds is 3. The van der Waals surface area contributed by atoms with Crippen molar-refractivity contribution in [2.75, 3.05) is 18.6 Å². The SMILES string of the molecule is COC(=O)C1=C(C)N([C@H]2CCS(=O)(=O)C2)C(=O)N[C@@H]1c1ccc(Cl)cc1. The Labute approximate surface area is 156 Å². The molecule has 1 aromatic rings. The van der Waals surface area contributed by atoms with Crippen LogP contribution in [0.2, 0.25) is 5.02 Å². The van der Waals surface area contributed by atoms with Crippen LogP contribution in [0.5, 0.6) is 0 Å². The first-order valence-corrected chi connectivity index (χ1v) is 10.3. The summed E-state index contributed by atoms with van der Waals surface area (Å²) in [6.45, 7) is 1.64. The van der Waals surface area contributed by atoms with Crippen molar-refractivity contribution in [2.45, 2.75) is 25.4 Å². The monoisotopic (exact) mass is 398 g/mol. The molecule has 1 N–H and O–H groups in total. The van der Waals surface area contributed by atoms with Crippen LogP contribution in [0.1, 0.15) is 24.9 Å². The molecule has 2 amide bonds. The quantitative estimate of drug-likeness (QED) is 0.786. The van der Waals surface area contributed by atoms with E-state index in [2.05, 4.69) is 5.32 Å². The third-order valence-electron chi connectivity index (χ3n) is 4.71. The predicted octanol–water partition coefficient (Wildman–Crippen LogP) is 2.04. The van der Waals surface area contributed by atoms with Gasteiger partial charge in [0.1, 0.15) is 0 Å². The van der Waals surface area contributed by atoms with E-state index in [0.29, 0.717) is 22.7 Å². The van der Waals surface area contributed by atoms with Crippen LogP contribution in [0.25, 0.3) is 0 Å². The first kappa shape index (κ1) is 18.7. The number of halogens is 1. The molecule has 0 aromatic heterocycles. The molecule has 3 rings (SSSR count). The number of hydrogen-bond acceptors (Lipinski definition) is 5. The van der Waals surface area contributed by atoms with Gasteiger partial charge in [-0.2, -0.15) is 0 Å². The molecule has 7 nitrogen and oxygen atoms in total. The van der Waals surface area contributed by atoms with Crippen molar-refractivity contribution in [3.8, 4) is 0 Å². The first-order chi connectivity index (χ1) is 12.2. The number of carbonyl (C=O) groups is 2. The highest BCUT2D eigenvalue weighted by atomic mass is 35.5. The van der Waals surface area contributed by atoms with Crippen molar-refractivity contribution >= 4 is 33.4 Å². The number of sulfone groups is 1. The van der Waals surface area contributed by atoms with Crippen LogP contribution in [-0.2, 0) is 19.4 Å². The van der Waals surface area contributed by atoms with Gasteiger partial charge in [-0.05, 0) is 31.0 Å². The lowest BCUT2D eigenvalue weighted by atomic mass is 9.94. The highest BCUT2D eigenvalue weighted by Gasteiger charge is 2.42. The molecule has 140 valence electrons. The summed E-state index contributed by atoms with van der Waals surface area (Å²) < 4.78 is 28.5. The standard InChI is InChI=1S/C17H19ClN2O5S/c1-10-14(16(21)25-2)15(11-3-5-12(18)6-4-11)19-17(22)20(10)13-7-8-26(23,24)9-13/h3-6,13,15H,7-9H2,1-2H3,(H,19,22)/t13-,15+/m0/s1. The number of urea groups is 1. The number of amides is 2.